The Morgan fingerprint density at radius 2 is 1.06 bits per heavy atom. The van der Waals surface area contributed by atoms with Crippen molar-refractivity contribution in [3.05, 3.63) is 23.7 Å². The maximum atomic E-state index is 13.4. The zero-order chi connectivity index (χ0) is 60.3. The Hall–Kier alpha value is -7.29. The van der Waals surface area contributed by atoms with Crippen LogP contribution in [-0.4, -0.2) is 256 Å². The number of hydrogen-bond acceptors (Lipinski definition) is 22. The van der Waals surface area contributed by atoms with E-state index < -0.39 is 133 Å². The van der Waals surface area contributed by atoms with Gasteiger partial charge in [-0.05, 0) is 25.0 Å². The molecule has 0 aliphatic carbocycles. The second kappa shape index (κ2) is 39.2. The van der Waals surface area contributed by atoms with Gasteiger partial charge in [-0.3, -0.25) is 25.2 Å². The predicted molar refractivity (Wildman–Crippen MR) is 279 cm³/mol. The van der Waals surface area contributed by atoms with E-state index >= 15 is 0 Å². The molecule has 18 N–H and O–H groups in total. The SMILES string of the molecule is C#CCOCCOCCOCCOCCC(=O)N(CCCCCCNC(=O)O[C@@H]([C@@H]1OC(C(=O)O)=C[C@H](NC(=N)N)[C@H]1NC(C)=O)[C@H](O)CO)CCOCCNC(=O)O[C@@H]([C@@H]1OC(C(=O)O)=C[C@H](NC(=N)N)[C@H]1NC(C)=O)[C@H](O)CO. The number of carbonyl (C=O) groups excluding carboxylic acids is 5. The summed E-state index contributed by atoms with van der Waals surface area (Å²) in [7, 11) is 0. The first-order valence-corrected chi connectivity index (χ1v) is 25.7. The summed E-state index contributed by atoms with van der Waals surface area (Å²) in [5.41, 5.74) is 11.0. The summed E-state index contributed by atoms with van der Waals surface area (Å²) in [4.78, 5) is 89.1. The Kier molecular flexibility index (Phi) is 33.8. The van der Waals surface area contributed by atoms with Gasteiger partial charge < -0.3 is 122 Å². The van der Waals surface area contributed by atoms with E-state index in [-0.39, 0.29) is 78.1 Å². The van der Waals surface area contributed by atoms with Crippen LogP contribution in [0.25, 0.3) is 0 Å². The molecule has 458 valence electrons. The molecule has 0 radical (unpaired) electrons. The van der Waals surface area contributed by atoms with Gasteiger partial charge in [0.1, 0.15) is 18.8 Å². The third-order valence-electron chi connectivity index (χ3n) is 11.5. The molecular weight excluding hydrogens is 1080 g/mol. The van der Waals surface area contributed by atoms with Gasteiger partial charge >= 0.3 is 24.1 Å². The molecule has 33 heteroatoms. The summed E-state index contributed by atoms with van der Waals surface area (Å²) in [5.74, 6) is -4.89. The standard InChI is InChI=1S/C48H79N11O22/c1-4-14-73-18-20-76-22-23-77-21-19-74-15-9-36(66)59(13-17-75-16-11-54-48(72)81-40(33(65)27-61)42-38(56-29(3)63)31(58-46(51)52)25-35(79-42)44(69)70)12-8-6-5-7-10-53-47(71)80-39(32(64)26-60)41-37(55-28(2)62)30(57-45(49)50)24-34(78-41)43(67)68/h1,24-25,30-33,37-42,60-61,64-65H,5-23,26-27H2,2-3H3,(H,53,71)(H,54,72)(H,55,62)(H,56,63)(H,67,68)(H,69,70)(H4,49,50,57)(H4,51,52,58)/t30-,31-,32+,33+,37+,38+,39+,40+,41+,42+/m0/s1. The van der Waals surface area contributed by atoms with E-state index in [9.17, 15) is 64.2 Å². The Balaban J connectivity index is 2.00. The number of hydrogen-bond donors (Lipinski definition) is 16. The minimum absolute atomic E-state index is 0.00152. The van der Waals surface area contributed by atoms with Gasteiger partial charge in [0.25, 0.3) is 0 Å². The zero-order valence-electron chi connectivity index (χ0n) is 45.2. The first-order valence-electron chi connectivity index (χ1n) is 25.7. The summed E-state index contributed by atoms with van der Waals surface area (Å²) in [5, 5.41) is 90.6. The summed E-state index contributed by atoms with van der Waals surface area (Å²) in [6.45, 7) is 2.55. The van der Waals surface area contributed by atoms with Crippen LogP contribution < -0.4 is 43.4 Å². The number of nitrogens with one attached hydrogen (secondary N) is 8. The van der Waals surface area contributed by atoms with Crippen molar-refractivity contribution in [1.82, 2.24) is 36.8 Å². The number of ether oxygens (including phenoxy) is 9. The van der Waals surface area contributed by atoms with Gasteiger partial charge in [-0.1, -0.05) is 18.8 Å². The first kappa shape index (κ1) is 69.8. The number of amides is 5. The average Bonchev–Trinajstić information content (AvgIpc) is 3.40. The van der Waals surface area contributed by atoms with Crippen LogP contribution >= 0.6 is 0 Å². The lowest BCUT2D eigenvalue weighted by molar-refractivity contribution is -0.147. The van der Waals surface area contributed by atoms with Gasteiger partial charge in [0, 0.05) is 40.0 Å². The van der Waals surface area contributed by atoms with Gasteiger partial charge in [-0.25, -0.2) is 19.2 Å². The van der Waals surface area contributed by atoms with Gasteiger partial charge in [0.15, 0.2) is 36.3 Å². The van der Waals surface area contributed by atoms with E-state index in [0.717, 1.165) is 26.0 Å². The molecule has 0 unspecified atom stereocenters. The highest BCUT2D eigenvalue weighted by Gasteiger charge is 2.48. The third-order valence-corrected chi connectivity index (χ3v) is 11.5. The van der Waals surface area contributed by atoms with Gasteiger partial charge in [-0.2, -0.15) is 0 Å². The second-order valence-electron chi connectivity index (χ2n) is 17.8. The fourth-order valence-corrected chi connectivity index (χ4v) is 7.89. The predicted octanol–water partition coefficient (Wildman–Crippen LogP) is -5.17. The van der Waals surface area contributed by atoms with Crippen LogP contribution in [0.15, 0.2) is 23.7 Å². The molecule has 2 aliphatic rings. The van der Waals surface area contributed by atoms with E-state index in [2.05, 4.69) is 37.8 Å². The molecular formula is C48H79N11O22. The molecule has 2 heterocycles. The summed E-state index contributed by atoms with van der Waals surface area (Å²) in [6, 6.07) is -4.91. The quantitative estimate of drug-likeness (QED) is 0.0118. The number of nitrogens with two attached hydrogens (primary N) is 2. The molecule has 5 amide bonds. The summed E-state index contributed by atoms with van der Waals surface area (Å²) in [6.07, 6.45) is -3.43. The van der Waals surface area contributed by atoms with Crippen LogP contribution in [0.3, 0.4) is 0 Å². The molecule has 0 spiro atoms. The fourth-order valence-electron chi connectivity index (χ4n) is 7.89. The molecule has 33 nitrogen and oxygen atoms in total. The first-order chi connectivity index (χ1) is 38.6. The van der Waals surface area contributed by atoms with E-state index in [1.165, 1.54) is 0 Å². The van der Waals surface area contributed by atoms with Crippen molar-refractivity contribution >= 4 is 53.8 Å². The van der Waals surface area contributed by atoms with E-state index in [1.807, 2.05) is 0 Å². The van der Waals surface area contributed by atoms with Crippen LogP contribution in [0, 0.1) is 23.2 Å². The monoisotopic (exact) mass is 1160 g/mol. The number of terminal acetylenes is 1. The smallest absolute Gasteiger partial charge is 0.407 e. The van der Waals surface area contributed by atoms with Crippen molar-refractivity contribution in [2.24, 2.45) is 11.5 Å². The van der Waals surface area contributed by atoms with E-state index in [1.54, 1.807) is 4.90 Å². The number of aliphatic hydroxyl groups is 4. The number of unbranched alkanes of at least 4 members (excludes halogenated alkanes) is 3. The lowest BCUT2D eigenvalue weighted by atomic mass is 9.92. The van der Waals surface area contributed by atoms with Crippen molar-refractivity contribution in [3.8, 4) is 12.3 Å². The highest BCUT2D eigenvalue weighted by Crippen LogP contribution is 2.27. The summed E-state index contributed by atoms with van der Waals surface area (Å²) >= 11 is 0. The molecule has 0 saturated carbocycles. The minimum atomic E-state index is -1.85. The van der Waals surface area contributed by atoms with Gasteiger partial charge in [-0.15, -0.1) is 6.42 Å². The molecule has 0 fully saturated rings. The van der Waals surface area contributed by atoms with Crippen molar-refractivity contribution in [3.63, 3.8) is 0 Å². The molecule has 0 bridgehead atoms. The average molecular weight is 1160 g/mol. The molecule has 2 aliphatic heterocycles. The Morgan fingerprint density at radius 1 is 0.630 bits per heavy atom. The third kappa shape index (κ3) is 27.6. The van der Waals surface area contributed by atoms with E-state index in [0.29, 0.717) is 52.1 Å². The number of aliphatic hydroxyl groups excluding tert-OH is 4. The van der Waals surface area contributed by atoms with Crippen molar-refractivity contribution < 1.29 is 107 Å². The highest BCUT2D eigenvalue weighted by atomic mass is 16.6. The number of carboxylic acids is 2. The molecule has 0 aromatic rings. The number of aliphatic carboxylic acids is 2. The maximum Gasteiger partial charge on any atom is 0.407 e. The number of carboxylic acid groups (broad SMARTS) is 2. The van der Waals surface area contributed by atoms with Crippen LogP contribution in [0.2, 0.25) is 0 Å². The Labute approximate surface area is 467 Å². The van der Waals surface area contributed by atoms with Gasteiger partial charge in [0.2, 0.25) is 29.2 Å². The summed E-state index contributed by atoms with van der Waals surface area (Å²) < 4.78 is 49.2. The van der Waals surface area contributed by atoms with Crippen molar-refractivity contribution in [2.75, 3.05) is 105 Å². The molecule has 0 aromatic heterocycles. The molecule has 10 atom stereocenters. The van der Waals surface area contributed by atoms with Crippen molar-refractivity contribution in [1.29, 1.82) is 10.8 Å². The van der Waals surface area contributed by atoms with Gasteiger partial charge in [0.05, 0.1) is 103 Å². The van der Waals surface area contributed by atoms with Crippen LogP contribution in [-0.2, 0) is 66.6 Å². The maximum absolute atomic E-state index is 13.4. The Morgan fingerprint density at radius 3 is 1.49 bits per heavy atom. The number of alkyl carbamates (subject to hydrolysis) is 2. The zero-order valence-corrected chi connectivity index (χ0v) is 45.2. The molecule has 0 saturated heterocycles. The topological polar surface area (TPSA) is 499 Å². The van der Waals surface area contributed by atoms with Crippen LogP contribution in [0.4, 0.5) is 9.59 Å². The second-order valence-corrected chi connectivity index (χ2v) is 17.8. The lowest BCUT2D eigenvalue weighted by Crippen LogP contribution is -2.65. The molecule has 81 heavy (non-hydrogen) atoms. The largest absolute Gasteiger partial charge is 0.477 e. The molecule has 2 rings (SSSR count). The number of nitrogens with zero attached hydrogens (tertiary/aromatic N) is 1. The van der Waals surface area contributed by atoms with Crippen LogP contribution in [0.1, 0.15) is 46.0 Å². The lowest BCUT2D eigenvalue weighted by Gasteiger charge is -2.41. The van der Waals surface area contributed by atoms with E-state index in [4.69, 9.17) is 71.3 Å². The minimum Gasteiger partial charge on any atom is -0.477 e. The number of guanidine groups is 2. The Bertz CT molecular complexity index is 2130. The number of rotatable bonds is 40. The molecule has 0 aromatic carbocycles. The normalized spacial score (nSPS) is 19.8. The van der Waals surface area contributed by atoms with Crippen molar-refractivity contribution in [2.45, 2.75) is 107 Å². The van der Waals surface area contributed by atoms with Crippen LogP contribution in [0.5, 0.6) is 0 Å². The number of carbonyl (C=O) groups is 7. The highest BCUT2D eigenvalue weighted by molar-refractivity contribution is 5.86. The fraction of sp³-hybridized carbons (Fsp3) is 0.688.